The van der Waals surface area contributed by atoms with Gasteiger partial charge in [-0.25, -0.2) is 4.98 Å². The summed E-state index contributed by atoms with van der Waals surface area (Å²) >= 11 is 1.77. The van der Waals surface area contributed by atoms with Gasteiger partial charge in [0.15, 0.2) is 0 Å². The lowest BCUT2D eigenvalue weighted by atomic mass is 10.1. The van der Waals surface area contributed by atoms with Gasteiger partial charge in [-0.2, -0.15) is 0 Å². The Labute approximate surface area is 122 Å². The monoisotopic (exact) mass is 283 g/mol. The molecule has 0 fully saturated rings. The average molecular weight is 283 g/mol. The van der Waals surface area contributed by atoms with Crippen LogP contribution in [0.3, 0.4) is 0 Å². The number of aryl methyl sites for hydroxylation is 1. The minimum Gasteiger partial charge on any atom is -0.328 e. The number of aromatic nitrogens is 2. The van der Waals surface area contributed by atoms with E-state index >= 15 is 0 Å². The van der Waals surface area contributed by atoms with E-state index in [0.717, 1.165) is 17.8 Å². The van der Waals surface area contributed by atoms with Crippen LogP contribution in [0.25, 0.3) is 0 Å². The Hall–Kier alpha value is -1.91. The first-order valence-electron chi connectivity index (χ1n) is 6.59. The Balaban J connectivity index is 1.89. The van der Waals surface area contributed by atoms with Crippen LogP contribution in [-0.2, 0) is 6.54 Å². The van der Waals surface area contributed by atoms with Gasteiger partial charge in [-0.3, -0.25) is 0 Å². The van der Waals surface area contributed by atoms with Gasteiger partial charge in [-0.15, -0.1) is 11.3 Å². The summed E-state index contributed by atoms with van der Waals surface area (Å²) in [7, 11) is 0. The molecule has 0 saturated heterocycles. The second-order valence-electron chi connectivity index (χ2n) is 4.86. The topological polar surface area (TPSA) is 43.8 Å². The van der Waals surface area contributed by atoms with Gasteiger partial charge >= 0.3 is 0 Å². The molecular formula is C16H17N3S. The van der Waals surface area contributed by atoms with Crippen LogP contribution in [0.1, 0.15) is 27.7 Å². The molecule has 2 heterocycles. The van der Waals surface area contributed by atoms with Gasteiger partial charge in [0.05, 0.1) is 30.8 Å². The number of benzene rings is 1. The first kappa shape index (κ1) is 13.1. The number of hydrogen-bond donors (Lipinski definition) is 1. The molecule has 3 nitrogen and oxygen atoms in total. The van der Waals surface area contributed by atoms with E-state index in [0.29, 0.717) is 0 Å². The molecule has 1 aromatic carbocycles. The number of imidazole rings is 1. The highest BCUT2D eigenvalue weighted by molar-refractivity contribution is 7.10. The van der Waals surface area contributed by atoms with E-state index in [4.69, 9.17) is 5.73 Å². The third-order valence-corrected chi connectivity index (χ3v) is 4.51. The van der Waals surface area contributed by atoms with E-state index in [2.05, 4.69) is 40.1 Å². The summed E-state index contributed by atoms with van der Waals surface area (Å²) < 4.78 is 2.14. The van der Waals surface area contributed by atoms with Gasteiger partial charge in [0.1, 0.15) is 0 Å². The van der Waals surface area contributed by atoms with Crippen LogP contribution in [-0.4, -0.2) is 9.55 Å². The maximum atomic E-state index is 6.37. The molecule has 1 unspecified atom stereocenters. The van der Waals surface area contributed by atoms with Crippen molar-refractivity contribution in [2.75, 3.05) is 0 Å². The van der Waals surface area contributed by atoms with Gasteiger partial charge in [0.25, 0.3) is 0 Å². The van der Waals surface area contributed by atoms with Crippen molar-refractivity contribution in [2.45, 2.75) is 19.5 Å². The number of thiophene rings is 1. The Bertz CT molecular complexity index is 685. The van der Waals surface area contributed by atoms with Crippen molar-refractivity contribution in [1.29, 1.82) is 0 Å². The second kappa shape index (κ2) is 5.61. The quantitative estimate of drug-likeness (QED) is 0.798. The lowest BCUT2D eigenvalue weighted by molar-refractivity contribution is 0.700. The summed E-state index contributed by atoms with van der Waals surface area (Å²) in [6, 6.07) is 12.1. The molecule has 4 heteroatoms. The molecule has 0 bridgehead atoms. The number of nitrogens with zero attached hydrogens (tertiary/aromatic N) is 2. The number of hydrogen-bond acceptors (Lipinski definition) is 3. The van der Waals surface area contributed by atoms with E-state index in [1.54, 1.807) is 11.3 Å². The van der Waals surface area contributed by atoms with Gasteiger partial charge < -0.3 is 10.3 Å². The van der Waals surface area contributed by atoms with E-state index in [1.165, 1.54) is 10.4 Å². The molecule has 102 valence electrons. The third kappa shape index (κ3) is 2.53. The zero-order chi connectivity index (χ0) is 13.9. The largest absolute Gasteiger partial charge is 0.328 e. The van der Waals surface area contributed by atoms with Crippen molar-refractivity contribution in [1.82, 2.24) is 9.55 Å². The summed E-state index contributed by atoms with van der Waals surface area (Å²) in [4.78, 5) is 5.62. The van der Waals surface area contributed by atoms with Crippen LogP contribution in [0.2, 0.25) is 0 Å². The lowest BCUT2D eigenvalue weighted by Crippen LogP contribution is -2.16. The Kier molecular flexibility index (Phi) is 3.67. The maximum Gasteiger partial charge on any atom is 0.0952 e. The predicted octanol–water partition coefficient (Wildman–Crippen LogP) is 3.35. The summed E-state index contributed by atoms with van der Waals surface area (Å²) in [6.45, 7) is 2.97. The first-order valence-corrected chi connectivity index (χ1v) is 7.47. The van der Waals surface area contributed by atoms with Crippen LogP contribution >= 0.6 is 11.3 Å². The fourth-order valence-electron chi connectivity index (χ4n) is 2.27. The van der Waals surface area contributed by atoms with Crippen molar-refractivity contribution in [3.05, 3.63) is 76.0 Å². The number of rotatable bonds is 4. The van der Waals surface area contributed by atoms with Gasteiger partial charge in [0, 0.05) is 4.88 Å². The van der Waals surface area contributed by atoms with Crippen molar-refractivity contribution < 1.29 is 0 Å². The van der Waals surface area contributed by atoms with Gasteiger partial charge in [-0.05, 0) is 29.5 Å². The van der Waals surface area contributed by atoms with Crippen molar-refractivity contribution in [2.24, 2.45) is 5.73 Å². The molecule has 3 aromatic rings. The van der Waals surface area contributed by atoms with Crippen molar-refractivity contribution >= 4 is 11.3 Å². The Morgan fingerprint density at radius 1 is 1.25 bits per heavy atom. The highest BCUT2D eigenvalue weighted by Crippen LogP contribution is 2.22. The number of nitrogens with two attached hydrogens (primary N) is 1. The predicted molar refractivity (Wildman–Crippen MR) is 82.9 cm³/mol. The van der Waals surface area contributed by atoms with Gasteiger partial charge in [-0.1, -0.05) is 30.3 Å². The van der Waals surface area contributed by atoms with E-state index in [-0.39, 0.29) is 6.04 Å². The van der Waals surface area contributed by atoms with Crippen LogP contribution in [0.15, 0.2) is 54.3 Å². The first-order chi connectivity index (χ1) is 9.75. The molecule has 0 radical (unpaired) electrons. The molecule has 0 aliphatic rings. The molecule has 3 rings (SSSR count). The fraction of sp³-hybridized carbons (Fsp3) is 0.188. The molecule has 0 aliphatic heterocycles. The zero-order valence-corrected chi connectivity index (χ0v) is 12.2. The van der Waals surface area contributed by atoms with E-state index < -0.39 is 0 Å². The minimum absolute atomic E-state index is 0.140. The molecule has 1 atom stereocenters. The molecule has 2 aromatic heterocycles. The summed E-state index contributed by atoms with van der Waals surface area (Å²) in [5.41, 5.74) is 9.85. The molecule has 0 amide bonds. The van der Waals surface area contributed by atoms with Crippen molar-refractivity contribution in [3.8, 4) is 0 Å². The smallest absolute Gasteiger partial charge is 0.0952 e. The van der Waals surface area contributed by atoms with Crippen LogP contribution in [0.4, 0.5) is 0 Å². The second-order valence-corrected chi connectivity index (χ2v) is 5.86. The molecule has 0 aliphatic carbocycles. The third-order valence-electron chi connectivity index (χ3n) is 3.50. The maximum absolute atomic E-state index is 6.37. The minimum atomic E-state index is -0.140. The van der Waals surface area contributed by atoms with Gasteiger partial charge in [0.2, 0.25) is 0 Å². The molecular weight excluding hydrogens is 266 g/mol. The van der Waals surface area contributed by atoms with Crippen LogP contribution in [0, 0.1) is 6.92 Å². The fourth-order valence-corrected chi connectivity index (χ4v) is 3.18. The summed E-state index contributed by atoms with van der Waals surface area (Å²) in [5, 5.41) is 2.12. The highest BCUT2D eigenvalue weighted by atomic mass is 32.1. The SMILES string of the molecule is Cc1ccsc1Cn1cncc1C(N)c1ccccc1. The lowest BCUT2D eigenvalue weighted by Gasteiger charge is -2.15. The normalized spacial score (nSPS) is 12.5. The zero-order valence-electron chi connectivity index (χ0n) is 11.4. The Morgan fingerprint density at radius 3 is 2.75 bits per heavy atom. The van der Waals surface area contributed by atoms with Crippen molar-refractivity contribution in [3.63, 3.8) is 0 Å². The van der Waals surface area contributed by atoms with E-state index in [1.807, 2.05) is 30.7 Å². The summed E-state index contributed by atoms with van der Waals surface area (Å²) in [6.07, 6.45) is 3.72. The molecule has 2 N–H and O–H groups in total. The average Bonchev–Trinajstić information content (AvgIpc) is 3.09. The Morgan fingerprint density at radius 2 is 2.05 bits per heavy atom. The van der Waals surface area contributed by atoms with E-state index in [9.17, 15) is 0 Å². The molecule has 20 heavy (non-hydrogen) atoms. The molecule has 0 saturated carbocycles. The highest BCUT2D eigenvalue weighted by Gasteiger charge is 2.14. The standard InChI is InChI=1S/C16H17N3S/c1-12-7-8-20-15(12)10-19-11-18-9-14(19)16(17)13-5-3-2-4-6-13/h2-9,11,16H,10,17H2,1H3. The van der Waals surface area contributed by atoms with Crippen LogP contribution < -0.4 is 5.73 Å². The summed E-state index contributed by atoms with van der Waals surface area (Å²) in [5.74, 6) is 0. The molecule has 0 spiro atoms. The van der Waals surface area contributed by atoms with Crippen LogP contribution in [0.5, 0.6) is 0 Å².